The van der Waals surface area contributed by atoms with Gasteiger partial charge in [0, 0.05) is 20.5 Å². The van der Waals surface area contributed by atoms with E-state index in [0.29, 0.717) is 20.6 Å². The van der Waals surface area contributed by atoms with Crippen LogP contribution in [-0.4, -0.2) is 10.9 Å². The Kier molecular flexibility index (Phi) is 3.63. The largest absolute Gasteiger partial charge is 0.298 e. The number of rotatable bonds is 2. The van der Waals surface area contributed by atoms with Gasteiger partial charge in [0.1, 0.15) is 0 Å². The first kappa shape index (κ1) is 12.3. The van der Waals surface area contributed by atoms with Crippen LogP contribution in [0.4, 0.5) is 0 Å². The molecule has 0 radical (unpaired) electrons. The maximum absolute atomic E-state index is 12.0. The Labute approximate surface area is 116 Å². The van der Waals surface area contributed by atoms with Crippen LogP contribution in [-0.2, 0) is 0 Å². The molecule has 0 saturated heterocycles. The van der Waals surface area contributed by atoms with Crippen molar-refractivity contribution in [2.45, 2.75) is 0 Å². The molecule has 0 atom stereocenters. The van der Waals surface area contributed by atoms with Gasteiger partial charge in [0.2, 0.25) is 0 Å². The molecule has 86 valence electrons. The zero-order chi connectivity index (χ0) is 12.4. The molecule has 17 heavy (non-hydrogen) atoms. The molecule has 3 nitrogen and oxygen atoms in total. The molecule has 2 aromatic rings. The third kappa shape index (κ3) is 2.42. The van der Waals surface area contributed by atoms with Crippen LogP contribution in [0.15, 0.2) is 41.3 Å². The minimum Gasteiger partial charge on any atom is -0.298 e. The normalized spacial score (nSPS) is 10.2. The highest BCUT2D eigenvalue weighted by molar-refractivity contribution is 14.1. The van der Waals surface area contributed by atoms with Crippen LogP contribution >= 0.6 is 34.2 Å². The minimum atomic E-state index is -0.325. The molecule has 0 fully saturated rings. The first-order valence-corrected chi connectivity index (χ1v) is 6.21. The number of aromatic nitrogens is 1. The SMILES string of the molecule is O=Cc1c(I)ccn(-c2ccc(Cl)cc2)c1=O. The van der Waals surface area contributed by atoms with E-state index in [1.165, 1.54) is 4.57 Å². The third-order valence-electron chi connectivity index (χ3n) is 2.30. The van der Waals surface area contributed by atoms with Gasteiger partial charge in [0.25, 0.3) is 5.56 Å². The van der Waals surface area contributed by atoms with E-state index < -0.39 is 0 Å². The van der Waals surface area contributed by atoms with Crippen LogP contribution in [0.25, 0.3) is 5.69 Å². The lowest BCUT2D eigenvalue weighted by atomic mass is 10.2. The van der Waals surface area contributed by atoms with Gasteiger partial charge in [-0.15, -0.1) is 0 Å². The molecular weight excluding hydrogens is 352 g/mol. The molecule has 1 aromatic heterocycles. The zero-order valence-electron chi connectivity index (χ0n) is 8.56. The molecule has 1 aromatic carbocycles. The van der Waals surface area contributed by atoms with Gasteiger partial charge in [-0.1, -0.05) is 11.6 Å². The topological polar surface area (TPSA) is 39.1 Å². The fraction of sp³-hybridized carbons (Fsp3) is 0. The van der Waals surface area contributed by atoms with Crippen molar-refractivity contribution in [3.63, 3.8) is 0 Å². The van der Waals surface area contributed by atoms with Gasteiger partial charge in [-0.3, -0.25) is 14.2 Å². The number of hydrogen-bond acceptors (Lipinski definition) is 2. The Morgan fingerprint density at radius 2 is 1.82 bits per heavy atom. The fourth-order valence-corrected chi connectivity index (χ4v) is 2.09. The number of nitrogens with zero attached hydrogens (tertiary/aromatic N) is 1. The average molecular weight is 360 g/mol. The fourth-order valence-electron chi connectivity index (χ4n) is 1.44. The Bertz CT molecular complexity index is 619. The van der Waals surface area contributed by atoms with Crippen LogP contribution in [0.5, 0.6) is 0 Å². The van der Waals surface area contributed by atoms with E-state index in [1.54, 1.807) is 36.5 Å². The Hall–Kier alpha value is -1.14. The second kappa shape index (κ2) is 5.01. The van der Waals surface area contributed by atoms with Crippen molar-refractivity contribution < 1.29 is 4.79 Å². The van der Waals surface area contributed by atoms with Crippen LogP contribution < -0.4 is 5.56 Å². The van der Waals surface area contributed by atoms with Crippen molar-refractivity contribution in [3.8, 4) is 5.69 Å². The molecule has 0 saturated carbocycles. The lowest BCUT2D eigenvalue weighted by Crippen LogP contribution is -2.22. The summed E-state index contributed by atoms with van der Waals surface area (Å²) in [5.74, 6) is 0. The summed E-state index contributed by atoms with van der Waals surface area (Å²) in [5.41, 5.74) is 0.524. The summed E-state index contributed by atoms with van der Waals surface area (Å²) in [6.07, 6.45) is 2.22. The number of pyridine rings is 1. The second-order valence-electron chi connectivity index (χ2n) is 3.35. The summed E-state index contributed by atoms with van der Waals surface area (Å²) in [4.78, 5) is 22.8. The van der Waals surface area contributed by atoms with E-state index >= 15 is 0 Å². The van der Waals surface area contributed by atoms with E-state index in [4.69, 9.17) is 11.6 Å². The average Bonchev–Trinajstić information content (AvgIpc) is 2.31. The van der Waals surface area contributed by atoms with Gasteiger partial charge in [-0.05, 0) is 52.9 Å². The molecule has 0 amide bonds. The van der Waals surface area contributed by atoms with Gasteiger partial charge in [-0.25, -0.2) is 0 Å². The van der Waals surface area contributed by atoms with E-state index in [0.717, 1.165) is 0 Å². The number of carbonyl (C=O) groups is 1. The number of carbonyl (C=O) groups excluding carboxylic acids is 1. The zero-order valence-corrected chi connectivity index (χ0v) is 11.5. The molecule has 2 rings (SSSR count). The Morgan fingerprint density at radius 1 is 1.18 bits per heavy atom. The molecule has 0 aliphatic rings. The summed E-state index contributed by atoms with van der Waals surface area (Å²) in [6, 6.07) is 8.57. The predicted molar refractivity (Wildman–Crippen MR) is 75.2 cm³/mol. The quantitative estimate of drug-likeness (QED) is 0.611. The molecule has 0 spiro atoms. The van der Waals surface area contributed by atoms with E-state index in [1.807, 2.05) is 22.6 Å². The van der Waals surface area contributed by atoms with Crippen molar-refractivity contribution >= 4 is 40.5 Å². The van der Waals surface area contributed by atoms with Crippen molar-refractivity contribution in [2.75, 3.05) is 0 Å². The molecule has 0 aliphatic carbocycles. The predicted octanol–water partition coefficient (Wildman–Crippen LogP) is 2.91. The highest BCUT2D eigenvalue weighted by Gasteiger charge is 2.08. The van der Waals surface area contributed by atoms with Crippen molar-refractivity contribution in [2.24, 2.45) is 0 Å². The third-order valence-corrected chi connectivity index (χ3v) is 3.49. The second-order valence-corrected chi connectivity index (χ2v) is 4.95. The standard InChI is InChI=1S/C12H7ClINO2/c13-8-1-3-9(4-2-8)15-6-5-11(14)10(7-16)12(15)17/h1-7H. The molecule has 1 heterocycles. The van der Waals surface area contributed by atoms with Gasteiger partial charge in [-0.2, -0.15) is 0 Å². The summed E-state index contributed by atoms with van der Waals surface area (Å²) in [6.45, 7) is 0. The highest BCUT2D eigenvalue weighted by atomic mass is 127. The van der Waals surface area contributed by atoms with E-state index in [-0.39, 0.29) is 11.1 Å². The van der Waals surface area contributed by atoms with Crippen LogP contribution in [0.2, 0.25) is 5.02 Å². The molecule has 0 N–H and O–H groups in total. The van der Waals surface area contributed by atoms with Crippen LogP contribution in [0, 0.1) is 3.57 Å². The number of aldehydes is 1. The van der Waals surface area contributed by atoms with E-state index in [9.17, 15) is 9.59 Å². The van der Waals surface area contributed by atoms with Crippen molar-refractivity contribution in [1.29, 1.82) is 0 Å². The van der Waals surface area contributed by atoms with Crippen molar-refractivity contribution in [3.05, 3.63) is 61.0 Å². The molecule has 5 heteroatoms. The Morgan fingerprint density at radius 3 is 2.41 bits per heavy atom. The van der Waals surface area contributed by atoms with Crippen LogP contribution in [0.3, 0.4) is 0 Å². The maximum Gasteiger partial charge on any atom is 0.266 e. The van der Waals surface area contributed by atoms with Gasteiger partial charge in [0.05, 0.1) is 5.56 Å². The highest BCUT2D eigenvalue weighted by Crippen LogP contribution is 2.13. The first-order chi connectivity index (χ1) is 8.13. The van der Waals surface area contributed by atoms with Gasteiger partial charge in [0.15, 0.2) is 6.29 Å². The summed E-state index contributed by atoms with van der Waals surface area (Å²) < 4.78 is 2.06. The first-order valence-electron chi connectivity index (χ1n) is 4.76. The maximum atomic E-state index is 12.0. The lowest BCUT2D eigenvalue weighted by Gasteiger charge is -2.07. The van der Waals surface area contributed by atoms with Crippen molar-refractivity contribution in [1.82, 2.24) is 4.57 Å². The lowest BCUT2D eigenvalue weighted by molar-refractivity contribution is 0.112. The molecular formula is C12H7ClINO2. The van der Waals surface area contributed by atoms with Gasteiger partial charge < -0.3 is 0 Å². The van der Waals surface area contributed by atoms with Gasteiger partial charge >= 0.3 is 0 Å². The number of halogens is 2. The number of hydrogen-bond donors (Lipinski definition) is 0. The molecule has 0 unspecified atom stereocenters. The summed E-state index contributed by atoms with van der Waals surface area (Å²) in [7, 11) is 0. The minimum absolute atomic E-state index is 0.169. The van der Waals surface area contributed by atoms with E-state index in [2.05, 4.69) is 0 Å². The van der Waals surface area contributed by atoms with Crippen LogP contribution in [0.1, 0.15) is 10.4 Å². The molecule has 0 aliphatic heterocycles. The monoisotopic (exact) mass is 359 g/mol. The Balaban J connectivity index is 2.65. The molecule has 0 bridgehead atoms. The smallest absolute Gasteiger partial charge is 0.266 e. The summed E-state index contributed by atoms with van der Waals surface area (Å²) in [5, 5.41) is 0.600. The number of benzene rings is 1. The summed E-state index contributed by atoms with van der Waals surface area (Å²) >= 11 is 7.74.